The van der Waals surface area contributed by atoms with E-state index in [1.54, 1.807) is 19.9 Å². The van der Waals surface area contributed by atoms with Gasteiger partial charge in [0.05, 0.1) is 11.7 Å². The standard InChI is InChI=1S/C28H37F3N4O3/c1-3-22(36)34-25(28(38)35-12-10-18(11-13-35)26(30)31)15(2)19-8-9-21(20(29)14-19)33-27(37)24(32)23(16-4-5-16)17-6-7-17/h8-9,14-17,23-25H,3-7,10-13,32H2,1-2H3,(H,33,37)(H,34,36)/t15-,24-,25+/m0/s1. The zero-order valence-electron chi connectivity index (χ0n) is 21.9. The summed E-state index contributed by atoms with van der Waals surface area (Å²) < 4.78 is 41.0. The highest BCUT2D eigenvalue weighted by Gasteiger charge is 2.46. The van der Waals surface area contributed by atoms with Gasteiger partial charge in [0.25, 0.3) is 6.08 Å². The quantitative estimate of drug-likeness (QED) is 0.416. The Hall–Kier alpha value is -2.88. The van der Waals surface area contributed by atoms with Crippen molar-refractivity contribution < 1.29 is 27.6 Å². The van der Waals surface area contributed by atoms with Crippen LogP contribution in [0, 0.1) is 23.6 Å². The number of likely N-dealkylation sites (tertiary alicyclic amines) is 1. The SMILES string of the molecule is CCC(=O)N[C@@H](C(=O)N1CCC(=C(F)F)CC1)[C@@H](C)c1ccc(NC(=O)[C@@H](N)C(C2CC2)C2CC2)c(F)c1. The van der Waals surface area contributed by atoms with Gasteiger partial charge in [0.15, 0.2) is 0 Å². The van der Waals surface area contributed by atoms with Crippen LogP contribution in [-0.2, 0) is 14.4 Å². The second kappa shape index (κ2) is 11.9. The number of carbonyl (C=O) groups excluding carboxylic acids is 3. The number of nitrogens with zero attached hydrogens (tertiary/aromatic N) is 1. The van der Waals surface area contributed by atoms with E-state index in [1.807, 2.05) is 0 Å². The van der Waals surface area contributed by atoms with Crippen LogP contribution in [0.15, 0.2) is 29.9 Å². The molecule has 3 fully saturated rings. The number of carbonyl (C=O) groups is 3. The maximum Gasteiger partial charge on any atom is 0.269 e. The first-order valence-electron chi connectivity index (χ1n) is 13.6. The summed E-state index contributed by atoms with van der Waals surface area (Å²) in [5.74, 6) is -1.33. The molecule has 38 heavy (non-hydrogen) atoms. The fourth-order valence-electron chi connectivity index (χ4n) is 5.49. The fourth-order valence-corrected chi connectivity index (χ4v) is 5.49. The van der Waals surface area contributed by atoms with E-state index >= 15 is 4.39 Å². The highest BCUT2D eigenvalue weighted by molar-refractivity contribution is 5.95. The molecule has 1 heterocycles. The zero-order valence-corrected chi connectivity index (χ0v) is 21.9. The van der Waals surface area contributed by atoms with Gasteiger partial charge in [-0.2, -0.15) is 8.78 Å². The van der Waals surface area contributed by atoms with Crippen LogP contribution in [0.3, 0.4) is 0 Å². The number of piperidine rings is 1. The summed E-state index contributed by atoms with van der Waals surface area (Å²) in [6.07, 6.45) is 2.92. The predicted molar refractivity (Wildman–Crippen MR) is 138 cm³/mol. The molecule has 3 aliphatic rings. The van der Waals surface area contributed by atoms with Crippen LogP contribution in [0.2, 0.25) is 0 Å². The Labute approximate surface area is 221 Å². The van der Waals surface area contributed by atoms with Gasteiger partial charge < -0.3 is 21.3 Å². The highest BCUT2D eigenvalue weighted by Crippen LogP contribution is 2.50. The van der Waals surface area contributed by atoms with Crippen molar-refractivity contribution in [2.75, 3.05) is 18.4 Å². The van der Waals surface area contributed by atoms with Crippen molar-refractivity contribution in [3.63, 3.8) is 0 Å². The number of anilines is 1. The van der Waals surface area contributed by atoms with Crippen LogP contribution in [-0.4, -0.2) is 47.8 Å². The van der Waals surface area contributed by atoms with E-state index in [9.17, 15) is 23.2 Å². The van der Waals surface area contributed by atoms with Gasteiger partial charge in [0.1, 0.15) is 11.9 Å². The normalized spacial score (nSPS) is 20.1. The number of rotatable bonds is 10. The Morgan fingerprint density at radius 1 is 1.08 bits per heavy atom. The van der Waals surface area contributed by atoms with Gasteiger partial charge in [-0.15, -0.1) is 0 Å². The first kappa shape index (κ1) is 28.1. The molecule has 1 saturated heterocycles. The Morgan fingerprint density at radius 2 is 1.68 bits per heavy atom. The molecule has 7 nitrogen and oxygen atoms in total. The molecule has 1 aliphatic heterocycles. The van der Waals surface area contributed by atoms with E-state index in [0.717, 1.165) is 25.7 Å². The van der Waals surface area contributed by atoms with Crippen molar-refractivity contribution >= 4 is 23.4 Å². The lowest BCUT2D eigenvalue weighted by Gasteiger charge is -2.34. The van der Waals surface area contributed by atoms with Crippen LogP contribution >= 0.6 is 0 Å². The van der Waals surface area contributed by atoms with Gasteiger partial charge in [0, 0.05) is 25.4 Å². The summed E-state index contributed by atoms with van der Waals surface area (Å²) in [6, 6.07) is 2.63. The molecular formula is C28H37F3N4O3. The average Bonchev–Trinajstić information content (AvgIpc) is 3.84. The third-order valence-electron chi connectivity index (χ3n) is 8.18. The molecule has 2 aliphatic carbocycles. The molecule has 1 aromatic rings. The number of nitrogens with two attached hydrogens (primary N) is 1. The molecule has 0 unspecified atom stereocenters. The van der Waals surface area contributed by atoms with Gasteiger partial charge in [-0.1, -0.05) is 19.9 Å². The lowest BCUT2D eigenvalue weighted by Crippen LogP contribution is -2.52. The zero-order chi connectivity index (χ0) is 27.6. The van der Waals surface area contributed by atoms with Gasteiger partial charge in [-0.3, -0.25) is 14.4 Å². The molecule has 3 atom stereocenters. The predicted octanol–water partition coefficient (Wildman–Crippen LogP) is 4.30. The number of hydrogen-bond acceptors (Lipinski definition) is 4. The molecule has 4 N–H and O–H groups in total. The van der Waals surface area contributed by atoms with E-state index in [1.165, 1.54) is 17.0 Å². The maximum absolute atomic E-state index is 15.1. The molecule has 10 heteroatoms. The van der Waals surface area contributed by atoms with E-state index < -0.39 is 41.7 Å². The fraction of sp³-hybridized carbons (Fsp3) is 0.607. The van der Waals surface area contributed by atoms with E-state index in [0.29, 0.717) is 17.4 Å². The molecule has 2 saturated carbocycles. The molecular weight excluding hydrogens is 497 g/mol. The number of amides is 3. The lowest BCUT2D eigenvalue weighted by molar-refractivity contribution is -0.137. The molecule has 0 spiro atoms. The number of hydrogen-bond donors (Lipinski definition) is 3. The summed E-state index contributed by atoms with van der Waals surface area (Å²) >= 11 is 0. The van der Waals surface area contributed by atoms with Crippen LogP contribution < -0.4 is 16.4 Å². The monoisotopic (exact) mass is 534 g/mol. The van der Waals surface area contributed by atoms with Crippen LogP contribution in [0.25, 0.3) is 0 Å². The van der Waals surface area contributed by atoms with Gasteiger partial charge >= 0.3 is 0 Å². The van der Waals surface area contributed by atoms with E-state index in [-0.39, 0.29) is 55.4 Å². The van der Waals surface area contributed by atoms with E-state index in [2.05, 4.69) is 10.6 Å². The molecule has 208 valence electrons. The maximum atomic E-state index is 15.1. The van der Waals surface area contributed by atoms with Crippen LogP contribution in [0.5, 0.6) is 0 Å². The molecule has 4 rings (SSSR count). The molecule has 0 bridgehead atoms. The van der Waals surface area contributed by atoms with Crippen molar-refractivity contribution in [3.05, 3.63) is 41.2 Å². The summed E-state index contributed by atoms with van der Waals surface area (Å²) in [7, 11) is 0. The van der Waals surface area contributed by atoms with Crippen molar-refractivity contribution in [2.24, 2.45) is 23.5 Å². The van der Waals surface area contributed by atoms with Crippen LogP contribution in [0.1, 0.15) is 70.3 Å². The van der Waals surface area contributed by atoms with Crippen molar-refractivity contribution in [2.45, 2.75) is 76.8 Å². The Balaban J connectivity index is 1.45. The minimum Gasteiger partial charge on any atom is -0.344 e. The minimum atomic E-state index is -1.71. The third kappa shape index (κ3) is 6.57. The minimum absolute atomic E-state index is 0.0100. The van der Waals surface area contributed by atoms with Gasteiger partial charge in [0.2, 0.25) is 17.7 Å². The smallest absolute Gasteiger partial charge is 0.269 e. The molecule has 0 aromatic heterocycles. The average molecular weight is 535 g/mol. The lowest BCUT2D eigenvalue weighted by atomic mass is 9.89. The molecule has 0 radical (unpaired) electrons. The summed E-state index contributed by atoms with van der Waals surface area (Å²) in [5, 5.41) is 5.35. The largest absolute Gasteiger partial charge is 0.344 e. The second-order valence-electron chi connectivity index (χ2n) is 10.9. The summed E-state index contributed by atoms with van der Waals surface area (Å²) in [6.45, 7) is 3.61. The van der Waals surface area contributed by atoms with Gasteiger partial charge in [-0.05, 0) is 79.5 Å². The van der Waals surface area contributed by atoms with E-state index in [4.69, 9.17) is 5.73 Å². The van der Waals surface area contributed by atoms with Crippen molar-refractivity contribution in [3.8, 4) is 0 Å². The first-order valence-corrected chi connectivity index (χ1v) is 13.6. The van der Waals surface area contributed by atoms with Gasteiger partial charge in [-0.25, -0.2) is 4.39 Å². The third-order valence-corrected chi connectivity index (χ3v) is 8.18. The number of benzene rings is 1. The number of nitrogens with one attached hydrogen (secondary N) is 2. The number of halogens is 3. The summed E-state index contributed by atoms with van der Waals surface area (Å²) in [5.41, 5.74) is 6.79. The Bertz CT molecular complexity index is 1080. The molecule has 3 amide bonds. The van der Waals surface area contributed by atoms with Crippen molar-refractivity contribution in [1.29, 1.82) is 0 Å². The van der Waals surface area contributed by atoms with Crippen molar-refractivity contribution in [1.82, 2.24) is 10.2 Å². The summed E-state index contributed by atoms with van der Waals surface area (Å²) in [4.78, 5) is 39.9. The Kier molecular flexibility index (Phi) is 8.80. The molecule has 1 aromatic carbocycles. The Morgan fingerprint density at radius 3 is 2.18 bits per heavy atom. The highest BCUT2D eigenvalue weighted by atomic mass is 19.3. The topological polar surface area (TPSA) is 105 Å². The first-order chi connectivity index (χ1) is 18.1. The second-order valence-corrected chi connectivity index (χ2v) is 10.9. The van der Waals surface area contributed by atoms with Crippen LogP contribution in [0.4, 0.5) is 18.9 Å².